The number of aromatic nitrogens is 1. The minimum atomic E-state index is -4.61. The zero-order valence-electron chi connectivity index (χ0n) is 28.0. The van der Waals surface area contributed by atoms with E-state index >= 15 is 0 Å². The number of carbonyl (C=O) groups excluding carboxylic acids is 1. The van der Waals surface area contributed by atoms with Gasteiger partial charge in [0.1, 0.15) is 19.2 Å². The van der Waals surface area contributed by atoms with Gasteiger partial charge in [-0.25, -0.2) is 13.4 Å². The maximum absolute atomic E-state index is 14.9. The summed E-state index contributed by atoms with van der Waals surface area (Å²) in [4.78, 5) is 19.9. The van der Waals surface area contributed by atoms with Gasteiger partial charge in [0, 0.05) is 48.7 Å². The smallest absolute Gasteiger partial charge is 0.387 e. The molecule has 3 N–H and O–H groups in total. The molecule has 7 rings (SSSR count). The van der Waals surface area contributed by atoms with Crippen molar-refractivity contribution in [1.29, 1.82) is 0 Å². The molecule has 3 fully saturated rings. The minimum Gasteiger partial charge on any atom is -0.387 e. The number of aliphatic hydroxyl groups is 1. The van der Waals surface area contributed by atoms with E-state index < -0.39 is 39.1 Å². The van der Waals surface area contributed by atoms with Gasteiger partial charge in [-0.05, 0) is 61.6 Å². The van der Waals surface area contributed by atoms with Crippen LogP contribution in [0.1, 0.15) is 65.6 Å². The van der Waals surface area contributed by atoms with E-state index in [0.717, 1.165) is 62.8 Å². The molecule has 4 aromatic rings. The lowest BCUT2D eigenvalue weighted by atomic mass is 9.89. The maximum atomic E-state index is 14.9. The van der Waals surface area contributed by atoms with Crippen molar-refractivity contribution in [2.75, 3.05) is 32.4 Å². The molecule has 3 aliphatic rings. The number of sulfone groups is 1. The first-order chi connectivity index (χ1) is 23.8. The van der Waals surface area contributed by atoms with Gasteiger partial charge in [0.25, 0.3) is 5.91 Å². The molecule has 0 radical (unpaired) electrons. The number of aliphatic hydroxyl groups excluding tert-OH is 1. The van der Waals surface area contributed by atoms with Crippen LogP contribution >= 0.6 is 0 Å². The topological polar surface area (TPSA) is 108 Å². The third kappa shape index (κ3) is 6.78. The van der Waals surface area contributed by atoms with Crippen LogP contribution in [0, 0.1) is 0 Å². The standard InChI is InChI=1S/C38H41F3N4O4S/c1-50(48,49)30-12-13-33-31(22-30)34(36(47)44-37(16-17-37)26-8-3-2-4-9-26)32(35(43-33)25-7-5-10-27(21-25)38(39,40)41)24-45(20-6-11-29(46)23-45)28-14-18-42-19-15-28/h2-5,7-10,12-13,21-22,28-29,42,46H,6,11,14-20,23-24H2,1H3/p+1/t29-,45?/m1/s1. The number of rotatable bonds is 8. The Hall–Kier alpha value is -3.84. The number of carbonyl (C=O) groups is 1. The average Bonchev–Trinajstić information content (AvgIpc) is 3.88. The van der Waals surface area contributed by atoms with Crippen molar-refractivity contribution < 1.29 is 36.0 Å². The summed E-state index contributed by atoms with van der Waals surface area (Å²) in [6.45, 7) is 2.98. The zero-order valence-corrected chi connectivity index (χ0v) is 28.8. The highest BCUT2D eigenvalue weighted by Gasteiger charge is 2.47. The van der Waals surface area contributed by atoms with E-state index in [1.807, 2.05) is 30.3 Å². The number of pyridine rings is 1. The Bertz CT molecular complexity index is 2030. The fourth-order valence-corrected chi connectivity index (χ4v) is 8.82. The Labute approximate surface area is 290 Å². The second-order valence-electron chi connectivity index (χ2n) is 14.3. The number of alkyl halides is 3. The molecule has 1 unspecified atom stereocenters. The van der Waals surface area contributed by atoms with Gasteiger partial charge in [0.05, 0.1) is 45.4 Å². The van der Waals surface area contributed by atoms with Crippen LogP contribution in [0.4, 0.5) is 13.2 Å². The van der Waals surface area contributed by atoms with E-state index in [0.29, 0.717) is 46.8 Å². The highest BCUT2D eigenvalue weighted by molar-refractivity contribution is 7.90. The number of nitrogens with one attached hydrogen (secondary N) is 2. The summed E-state index contributed by atoms with van der Waals surface area (Å²) in [5.41, 5.74) is 0.908. The normalized spacial score (nSPS) is 22.7. The lowest BCUT2D eigenvalue weighted by Gasteiger charge is -2.50. The molecule has 1 aliphatic carbocycles. The average molecular weight is 708 g/mol. The number of benzene rings is 3. The Kier molecular flexibility index (Phi) is 9.03. The second kappa shape index (κ2) is 13.0. The summed E-state index contributed by atoms with van der Waals surface area (Å²) in [5, 5.41) is 18.1. The lowest BCUT2D eigenvalue weighted by molar-refractivity contribution is -0.971. The van der Waals surface area contributed by atoms with Crippen LogP contribution in [-0.2, 0) is 28.1 Å². The van der Waals surface area contributed by atoms with E-state index in [-0.39, 0.29) is 34.3 Å². The number of quaternary nitrogens is 1. The Morgan fingerprint density at radius 3 is 2.42 bits per heavy atom. The van der Waals surface area contributed by atoms with E-state index in [4.69, 9.17) is 4.98 Å². The van der Waals surface area contributed by atoms with Gasteiger partial charge >= 0.3 is 6.18 Å². The fourth-order valence-electron chi connectivity index (χ4n) is 8.17. The molecule has 3 heterocycles. The quantitative estimate of drug-likeness (QED) is 0.195. The lowest BCUT2D eigenvalue weighted by Crippen LogP contribution is -2.63. The second-order valence-corrected chi connectivity index (χ2v) is 16.3. The van der Waals surface area contributed by atoms with Gasteiger partial charge in [-0.1, -0.05) is 42.5 Å². The van der Waals surface area contributed by atoms with Crippen molar-refractivity contribution in [2.45, 2.75) is 73.8 Å². The number of amides is 1. The predicted molar refractivity (Wildman–Crippen MR) is 185 cm³/mol. The predicted octanol–water partition coefficient (Wildman–Crippen LogP) is 5.97. The monoisotopic (exact) mass is 707 g/mol. The number of fused-ring (bicyclic) bond motifs is 1. The Morgan fingerprint density at radius 2 is 1.76 bits per heavy atom. The summed E-state index contributed by atoms with van der Waals surface area (Å²) in [5.74, 6) is -0.436. The van der Waals surface area contributed by atoms with Crippen molar-refractivity contribution in [3.05, 3.63) is 95.1 Å². The molecule has 264 valence electrons. The van der Waals surface area contributed by atoms with Crippen molar-refractivity contribution in [3.8, 4) is 11.3 Å². The number of hydrogen-bond donors (Lipinski definition) is 3. The maximum Gasteiger partial charge on any atom is 0.416 e. The van der Waals surface area contributed by atoms with E-state index in [1.54, 1.807) is 6.07 Å². The molecule has 50 heavy (non-hydrogen) atoms. The van der Waals surface area contributed by atoms with Gasteiger partial charge in [-0.15, -0.1) is 0 Å². The molecule has 3 aromatic carbocycles. The molecule has 1 saturated carbocycles. The molecular formula is C38H42F3N4O4S+. The number of nitrogens with zero attached hydrogens (tertiary/aromatic N) is 2. The largest absolute Gasteiger partial charge is 0.416 e. The van der Waals surface area contributed by atoms with Crippen LogP contribution in [0.3, 0.4) is 0 Å². The molecule has 1 aromatic heterocycles. The molecule has 2 saturated heterocycles. The number of likely N-dealkylation sites (tertiary alicyclic amines) is 1. The van der Waals surface area contributed by atoms with Crippen LogP contribution in [0.15, 0.2) is 77.7 Å². The molecule has 0 spiro atoms. The number of piperidine rings is 2. The third-order valence-corrected chi connectivity index (χ3v) is 12.0. The number of halogens is 3. The molecule has 1 amide bonds. The molecular weight excluding hydrogens is 666 g/mol. The van der Waals surface area contributed by atoms with Gasteiger partial charge in [0.15, 0.2) is 9.84 Å². The highest BCUT2D eigenvalue weighted by Crippen LogP contribution is 2.46. The summed E-state index contributed by atoms with van der Waals surface area (Å²) < 4.78 is 68.4. The van der Waals surface area contributed by atoms with Gasteiger partial charge in [-0.3, -0.25) is 4.79 Å². The summed E-state index contributed by atoms with van der Waals surface area (Å²) >= 11 is 0. The summed E-state index contributed by atoms with van der Waals surface area (Å²) in [7, 11) is -3.69. The molecule has 0 bridgehead atoms. The SMILES string of the molecule is CS(=O)(=O)c1ccc2nc(-c3cccc(C(F)(F)F)c3)c(C[N+]3(C4CCNCC4)CCC[C@@H](O)C3)c(C(=O)NC3(c4ccccc4)CC3)c2c1. The van der Waals surface area contributed by atoms with Gasteiger partial charge in [0.2, 0.25) is 0 Å². The number of hydrogen-bond acceptors (Lipinski definition) is 6. The minimum absolute atomic E-state index is 0.0125. The van der Waals surface area contributed by atoms with Crippen LogP contribution in [-0.4, -0.2) is 73.5 Å². The van der Waals surface area contributed by atoms with Crippen molar-refractivity contribution >= 4 is 26.6 Å². The van der Waals surface area contributed by atoms with Crippen LogP contribution in [0.5, 0.6) is 0 Å². The first kappa shape index (κ1) is 34.6. The van der Waals surface area contributed by atoms with Crippen molar-refractivity contribution in [2.24, 2.45) is 0 Å². The fraction of sp³-hybridized carbons (Fsp3) is 0.421. The van der Waals surface area contributed by atoms with E-state index in [1.165, 1.54) is 24.3 Å². The van der Waals surface area contributed by atoms with Crippen molar-refractivity contribution in [3.63, 3.8) is 0 Å². The first-order valence-electron chi connectivity index (χ1n) is 17.2. The highest BCUT2D eigenvalue weighted by atomic mass is 32.2. The zero-order chi connectivity index (χ0) is 35.3. The van der Waals surface area contributed by atoms with E-state index in [9.17, 15) is 31.5 Å². The first-order valence-corrected chi connectivity index (χ1v) is 19.1. The van der Waals surface area contributed by atoms with Crippen LogP contribution in [0.25, 0.3) is 22.2 Å². The molecule has 12 heteroatoms. The summed E-state index contributed by atoms with van der Waals surface area (Å²) in [6.07, 6.45) is 0.396. The molecule has 8 nitrogen and oxygen atoms in total. The Morgan fingerprint density at radius 1 is 1.02 bits per heavy atom. The Balaban J connectivity index is 1.50. The van der Waals surface area contributed by atoms with Gasteiger partial charge in [-0.2, -0.15) is 13.2 Å². The van der Waals surface area contributed by atoms with Crippen molar-refractivity contribution in [1.82, 2.24) is 15.6 Å². The summed E-state index contributed by atoms with van der Waals surface area (Å²) in [6, 6.07) is 19.2. The molecule has 2 atom stereocenters. The van der Waals surface area contributed by atoms with Crippen LogP contribution < -0.4 is 10.6 Å². The van der Waals surface area contributed by atoms with Gasteiger partial charge < -0.3 is 20.2 Å². The van der Waals surface area contributed by atoms with Crippen LogP contribution in [0.2, 0.25) is 0 Å². The van der Waals surface area contributed by atoms with E-state index in [2.05, 4.69) is 10.6 Å². The molecule has 2 aliphatic heterocycles. The third-order valence-electron chi connectivity index (χ3n) is 10.9.